The third kappa shape index (κ3) is 4.92. The van der Waals surface area contributed by atoms with E-state index in [9.17, 15) is 4.79 Å². The standard InChI is InChI=1S/C20H23N5O2/c1-14-21-19(25-24-14)18(16-9-4-3-5-10-16)23-20(26)22-17-11-7-6-8-15(17)12-13-27-2/h3-11,18H,12-13H2,1-2H3,(H,21,24,25)(H2,22,23,26). The van der Waals surface area contributed by atoms with Gasteiger partial charge in [-0.3, -0.25) is 5.10 Å². The zero-order valence-electron chi connectivity index (χ0n) is 15.4. The van der Waals surface area contributed by atoms with E-state index < -0.39 is 6.04 Å². The summed E-state index contributed by atoms with van der Waals surface area (Å²) in [6.45, 7) is 2.41. The predicted octanol–water partition coefficient (Wildman–Crippen LogP) is 3.21. The Hall–Kier alpha value is -3.19. The van der Waals surface area contributed by atoms with Crippen LogP contribution < -0.4 is 10.6 Å². The van der Waals surface area contributed by atoms with Gasteiger partial charge >= 0.3 is 6.03 Å². The van der Waals surface area contributed by atoms with E-state index in [4.69, 9.17) is 4.74 Å². The normalized spacial score (nSPS) is 11.8. The number of aromatic nitrogens is 3. The van der Waals surface area contributed by atoms with Crippen molar-refractivity contribution in [2.75, 3.05) is 19.0 Å². The molecule has 1 heterocycles. The van der Waals surface area contributed by atoms with Gasteiger partial charge in [0.2, 0.25) is 0 Å². The van der Waals surface area contributed by atoms with E-state index >= 15 is 0 Å². The van der Waals surface area contributed by atoms with Crippen LogP contribution in [0.25, 0.3) is 0 Å². The lowest BCUT2D eigenvalue weighted by atomic mass is 10.1. The number of para-hydroxylation sites is 1. The Balaban J connectivity index is 1.78. The number of aromatic amines is 1. The zero-order valence-corrected chi connectivity index (χ0v) is 15.4. The lowest BCUT2D eigenvalue weighted by Gasteiger charge is -2.18. The summed E-state index contributed by atoms with van der Waals surface area (Å²) in [5, 5.41) is 12.9. The second-order valence-electron chi connectivity index (χ2n) is 6.12. The fourth-order valence-corrected chi connectivity index (χ4v) is 2.79. The van der Waals surface area contributed by atoms with E-state index in [1.807, 2.05) is 61.5 Å². The van der Waals surface area contributed by atoms with Crippen LogP contribution in [0.5, 0.6) is 0 Å². The SMILES string of the molecule is COCCc1ccccc1NC(=O)NC(c1ccccc1)c1n[nH]c(C)n1. The number of nitrogens with zero attached hydrogens (tertiary/aromatic N) is 2. The number of methoxy groups -OCH3 is 1. The summed E-state index contributed by atoms with van der Waals surface area (Å²) in [7, 11) is 1.66. The molecule has 2 aromatic carbocycles. The molecule has 7 heteroatoms. The first kappa shape index (κ1) is 18.6. The summed E-state index contributed by atoms with van der Waals surface area (Å²) >= 11 is 0. The number of anilines is 1. The lowest BCUT2D eigenvalue weighted by molar-refractivity contribution is 0.202. The highest BCUT2D eigenvalue weighted by molar-refractivity contribution is 5.90. The number of aryl methyl sites for hydroxylation is 1. The number of rotatable bonds is 7. The Bertz CT molecular complexity index is 879. The van der Waals surface area contributed by atoms with Gasteiger partial charge in [-0.15, -0.1) is 0 Å². The molecule has 0 saturated carbocycles. The molecule has 7 nitrogen and oxygen atoms in total. The first-order valence-electron chi connectivity index (χ1n) is 8.75. The molecule has 3 N–H and O–H groups in total. The molecule has 3 aromatic rings. The van der Waals surface area contributed by atoms with E-state index in [1.54, 1.807) is 7.11 Å². The minimum Gasteiger partial charge on any atom is -0.384 e. The average Bonchev–Trinajstić information content (AvgIpc) is 3.12. The molecule has 0 aliphatic carbocycles. The van der Waals surface area contributed by atoms with Gasteiger partial charge in [-0.1, -0.05) is 48.5 Å². The summed E-state index contributed by atoms with van der Waals surface area (Å²) in [5.41, 5.74) is 2.67. The van der Waals surface area contributed by atoms with E-state index in [0.717, 1.165) is 23.2 Å². The molecule has 1 unspecified atom stereocenters. The summed E-state index contributed by atoms with van der Waals surface area (Å²) in [4.78, 5) is 17.1. The number of hydrogen-bond donors (Lipinski definition) is 3. The fourth-order valence-electron chi connectivity index (χ4n) is 2.79. The van der Waals surface area contributed by atoms with Gasteiger partial charge in [0.15, 0.2) is 5.82 Å². The number of hydrogen-bond acceptors (Lipinski definition) is 4. The average molecular weight is 365 g/mol. The van der Waals surface area contributed by atoms with E-state index in [-0.39, 0.29) is 6.03 Å². The van der Waals surface area contributed by atoms with Crippen LogP contribution in [0.1, 0.15) is 28.8 Å². The Morgan fingerprint density at radius 1 is 1.15 bits per heavy atom. The molecule has 0 aliphatic heterocycles. The highest BCUT2D eigenvalue weighted by Gasteiger charge is 2.21. The monoisotopic (exact) mass is 365 g/mol. The first-order chi connectivity index (χ1) is 13.2. The minimum absolute atomic E-state index is 0.323. The topological polar surface area (TPSA) is 91.9 Å². The van der Waals surface area contributed by atoms with Crippen molar-refractivity contribution < 1.29 is 9.53 Å². The largest absolute Gasteiger partial charge is 0.384 e. The van der Waals surface area contributed by atoms with Crippen LogP contribution in [-0.2, 0) is 11.2 Å². The smallest absolute Gasteiger partial charge is 0.320 e. The van der Waals surface area contributed by atoms with E-state index in [2.05, 4.69) is 25.8 Å². The third-order valence-electron chi connectivity index (χ3n) is 4.12. The summed E-state index contributed by atoms with van der Waals surface area (Å²) in [6.07, 6.45) is 0.717. The maximum atomic E-state index is 12.7. The lowest BCUT2D eigenvalue weighted by Crippen LogP contribution is -2.34. The van der Waals surface area contributed by atoms with Crippen molar-refractivity contribution in [2.45, 2.75) is 19.4 Å². The Morgan fingerprint density at radius 3 is 2.59 bits per heavy atom. The maximum Gasteiger partial charge on any atom is 0.320 e. The fraction of sp³-hybridized carbons (Fsp3) is 0.250. The Labute approximate surface area is 158 Å². The van der Waals surface area contributed by atoms with Gasteiger partial charge in [0, 0.05) is 12.8 Å². The van der Waals surface area contributed by atoms with Gasteiger partial charge in [-0.25, -0.2) is 9.78 Å². The van der Waals surface area contributed by atoms with Crippen LogP contribution in [-0.4, -0.2) is 34.9 Å². The van der Waals surface area contributed by atoms with E-state index in [1.165, 1.54) is 0 Å². The Kier molecular flexibility index (Phi) is 6.17. The molecule has 27 heavy (non-hydrogen) atoms. The predicted molar refractivity (Wildman–Crippen MR) is 104 cm³/mol. The van der Waals surface area contributed by atoms with Crippen LogP contribution in [0.3, 0.4) is 0 Å². The van der Waals surface area contributed by atoms with Gasteiger partial charge in [0.25, 0.3) is 0 Å². The third-order valence-corrected chi connectivity index (χ3v) is 4.12. The number of benzene rings is 2. The molecule has 0 aliphatic rings. The zero-order chi connectivity index (χ0) is 19.1. The molecular formula is C20H23N5O2. The number of carbonyl (C=O) groups excluding carboxylic acids is 1. The van der Waals surface area contributed by atoms with Crippen molar-refractivity contribution in [3.05, 3.63) is 77.4 Å². The highest BCUT2D eigenvalue weighted by Crippen LogP contribution is 2.20. The number of carbonyl (C=O) groups is 1. The van der Waals surface area contributed by atoms with Gasteiger partial charge in [-0.2, -0.15) is 5.10 Å². The van der Waals surface area contributed by atoms with E-state index in [0.29, 0.717) is 18.3 Å². The Morgan fingerprint density at radius 2 is 1.89 bits per heavy atom. The van der Waals surface area contributed by atoms with Crippen LogP contribution in [0, 0.1) is 6.92 Å². The molecule has 2 amide bonds. The van der Waals surface area contributed by atoms with Crippen LogP contribution in [0.15, 0.2) is 54.6 Å². The van der Waals surface area contributed by atoms with Crippen LogP contribution in [0.4, 0.5) is 10.5 Å². The number of urea groups is 1. The second-order valence-corrected chi connectivity index (χ2v) is 6.12. The van der Waals surface area contributed by atoms with Crippen molar-refractivity contribution in [2.24, 2.45) is 0 Å². The summed E-state index contributed by atoms with van der Waals surface area (Å²) < 4.78 is 5.14. The van der Waals surface area contributed by atoms with Gasteiger partial charge < -0.3 is 15.4 Å². The summed E-state index contributed by atoms with van der Waals surface area (Å²) in [5.74, 6) is 1.21. The van der Waals surface area contributed by atoms with Crippen LogP contribution in [0.2, 0.25) is 0 Å². The number of nitrogens with one attached hydrogen (secondary N) is 3. The second kappa shape index (κ2) is 8.95. The molecule has 1 atom stereocenters. The van der Waals surface area contributed by atoms with Crippen molar-refractivity contribution in [1.29, 1.82) is 0 Å². The number of ether oxygens (including phenoxy) is 1. The minimum atomic E-state index is -0.456. The molecular weight excluding hydrogens is 342 g/mol. The molecule has 3 rings (SSSR count). The van der Waals surface area contributed by atoms with Gasteiger partial charge in [-0.05, 0) is 30.5 Å². The van der Waals surface area contributed by atoms with Crippen molar-refractivity contribution in [3.63, 3.8) is 0 Å². The molecule has 0 radical (unpaired) electrons. The first-order valence-corrected chi connectivity index (χ1v) is 8.75. The molecule has 1 aromatic heterocycles. The quantitative estimate of drug-likeness (QED) is 0.599. The highest BCUT2D eigenvalue weighted by atomic mass is 16.5. The number of H-pyrrole nitrogens is 1. The van der Waals surface area contributed by atoms with Gasteiger partial charge in [0.05, 0.1) is 6.61 Å². The molecule has 0 saturated heterocycles. The molecule has 0 spiro atoms. The molecule has 0 fully saturated rings. The van der Waals surface area contributed by atoms with Crippen molar-refractivity contribution in [1.82, 2.24) is 20.5 Å². The van der Waals surface area contributed by atoms with Crippen LogP contribution >= 0.6 is 0 Å². The molecule has 0 bridgehead atoms. The summed E-state index contributed by atoms with van der Waals surface area (Å²) in [6, 6.07) is 16.5. The van der Waals surface area contributed by atoms with Gasteiger partial charge in [0.1, 0.15) is 11.9 Å². The van der Waals surface area contributed by atoms with Crippen molar-refractivity contribution in [3.8, 4) is 0 Å². The number of amides is 2. The molecule has 140 valence electrons. The van der Waals surface area contributed by atoms with Crippen molar-refractivity contribution >= 4 is 11.7 Å². The maximum absolute atomic E-state index is 12.7.